The van der Waals surface area contributed by atoms with E-state index in [0.29, 0.717) is 5.95 Å². The number of nitrogens with one attached hydrogen (secondary N) is 2. The molecule has 0 aromatic carbocycles. The van der Waals surface area contributed by atoms with Gasteiger partial charge in [-0.25, -0.2) is 10.8 Å². The maximum Gasteiger partial charge on any atom is 0.239 e. The molecule has 0 unspecified atom stereocenters. The van der Waals surface area contributed by atoms with Gasteiger partial charge in [-0.05, 0) is 19.8 Å². The van der Waals surface area contributed by atoms with Crippen molar-refractivity contribution >= 4 is 17.7 Å². The van der Waals surface area contributed by atoms with Gasteiger partial charge >= 0.3 is 0 Å². The van der Waals surface area contributed by atoms with Crippen molar-refractivity contribution in [3.63, 3.8) is 0 Å². The first-order chi connectivity index (χ1) is 9.08. The summed E-state index contributed by atoms with van der Waals surface area (Å²) in [7, 11) is 0. The molecule has 0 saturated carbocycles. The van der Waals surface area contributed by atoms with Crippen LogP contribution in [0.4, 0.5) is 11.8 Å². The third-order valence-corrected chi connectivity index (χ3v) is 3.20. The molecular weight excluding hydrogens is 244 g/mol. The average molecular weight is 264 g/mol. The van der Waals surface area contributed by atoms with Crippen molar-refractivity contribution in [2.24, 2.45) is 5.84 Å². The number of piperidine rings is 1. The van der Waals surface area contributed by atoms with Crippen LogP contribution in [0.3, 0.4) is 0 Å². The highest BCUT2D eigenvalue weighted by atomic mass is 16.1. The number of hydrazine groups is 1. The van der Waals surface area contributed by atoms with Crippen LogP contribution in [0.1, 0.15) is 25.5 Å². The lowest BCUT2D eigenvalue weighted by Gasteiger charge is -2.33. The maximum absolute atomic E-state index is 11.0. The first kappa shape index (κ1) is 13.5. The Balaban J connectivity index is 2.01. The van der Waals surface area contributed by atoms with E-state index in [2.05, 4.69) is 25.6 Å². The number of aryl methyl sites for hydroxylation is 1. The van der Waals surface area contributed by atoms with Crippen LogP contribution in [-0.4, -0.2) is 35.0 Å². The third-order valence-electron chi connectivity index (χ3n) is 3.20. The number of anilines is 2. The van der Waals surface area contributed by atoms with E-state index in [1.54, 1.807) is 6.92 Å². The smallest absolute Gasteiger partial charge is 0.239 e. The summed E-state index contributed by atoms with van der Waals surface area (Å²) in [6.45, 7) is 5.20. The third kappa shape index (κ3) is 3.54. The van der Waals surface area contributed by atoms with Crippen LogP contribution in [0.5, 0.6) is 0 Å². The molecule has 0 spiro atoms. The summed E-state index contributed by atoms with van der Waals surface area (Å²) in [6.07, 6.45) is 1.85. The predicted octanol–water partition coefficient (Wildman–Crippen LogP) is 0.176. The molecule has 19 heavy (non-hydrogen) atoms. The van der Waals surface area contributed by atoms with Crippen molar-refractivity contribution in [3.05, 3.63) is 11.8 Å². The number of amides is 1. The van der Waals surface area contributed by atoms with Crippen LogP contribution in [0.2, 0.25) is 0 Å². The molecule has 1 aromatic heterocycles. The van der Waals surface area contributed by atoms with Crippen LogP contribution >= 0.6 is 0 Å². The number of hydrogen-bond donors (Lipinski definition) is 3. The molecule has 1 amide bonds. The monoisotopic (exact) mass is 264 g/mol. The second-order valence-electron chi connectivity index (χ2n) is 4.80. The Labute approximate surface area is 112 Å². The van der Waals surface area contributed by atoms with Crippen LogP contribution in [0.25, 0.3) is 0 Å². The largest absolute Gasteiger partial charge is 0.356 e. The summed E-state index contributed by atoms with van der Waals surface area (Å²) in [5.74, 6) is 6.69. The molecule has 0 atom stereocenters. The summed E-state index contributed by atoms with van der Waals surface area (Å²) in [6, 6.07) is 2.21. The van der Waals surface area contributed by atoms with E-state index >= 15 is 0 Å². The Morgan fingerprint density at radius 2 is 2.11 bits per heavy atom. The van der Waals surface area contributed by atoms with Crippen molar-refractivity contribution < 1.29 is 4.79 Å². The number of nitrogens with two attached hydrogens (primary N) is 1. The fraction of sp³-hybridized carbons (Fsp3) is 0.583. The molecule has 1 aromatic rings. The molecule has 7 heteroatoms. The van der Waals surface area contributed by atoms with E-state index in [1.807, 2.05) is 13.0 Å². The molecule has 0 aliphatic carbocycles. The Morgan fingerprint density at radius 3 is 2.68 bits per heavy atom. The van der Waals surface area contributed by atoms with Gasteiger partial charge in [0.1, 0.15) is 5.82 Å². The highest BCUT2D eigenvalue weighted by molar-refractivity contribution is 5.73. The molecule has 2 rings (SSSR count). The lowest BCUT2D eigenvalue weighted by Crippen LogP contribution is -2.44. The van der Waals surface area contributed by atoms with Gasteiger partial charge in [0, 0.05) is 37.8 Å². The normalized spacial score (nSPS) is 16.3. The van der Waals surface area contributed by atoms with Crippen LogP contribution in [0.15, 0.2) is 6.07 Å². The van der Waals surface area contributed by atoms with Gasteiger partial charge in [-0.1, -0.05) is 0 Å². The van der Waals surface area contributed by atoms with Crippen molar-refractivity contribution in [3.8, 4) is 0 Å². The topological polar surface area (TPSA) is 96.2 Å². The van der Waals surface area contributed by atoms with Crippen molar-refractivity contribution in [2.75, 3.05) is 23.4 Å². The Kier molecular flexibility index (Phi) is 4.16. The Bertz CT molecular complexity index is 456. The van der Waals surface area contributed by atoms with E-state index < -0.39 is 0 Å². The van der Waals surface area contributed by atoms with Gasteiger partial charge in [-0.3, -0.25) is 10.2 Å². The van der Waals surface area contributed by atoms with Crippen molar-refractivity contribution in [1.29, 1.82) is 0 Å². The zero-order valence-electron chi connectivity index (χ0n) is 11.3. The number of hydrogen-bond acceptors (Lipinski definition) is 6. The van der Waals surface area contributed by atoms with E-state index in [1.165, 1.54) is 0 Å². The molecule has 4 N–H and O–H groups in total. The molecule has 1 aliphatic rings. The Hall–Kier alpha value is -1.89. The van der Waals surface area contributed by atoms with Gasteiger partial charge in [0.2, 0.25) is 11.9 Å². The van der Waals surface area contributed by atoms with Gasteiger partial charge in [-0.15, -0.1) is 0 Å². The van der Waals surface area contributed by atoms with E-state index in [-0.39, 0.29) is 11.9 Å². The molecule has 0 bridgehead atoms. The van der Waals surface area contributed by atoms with Gasteiger partial charge in [-0.2, -0.15) is 4.98 Å². The van der Waals surface area contributed by atoms with E-state index in [0.717, 1.165) is 37.4 Å². The SMILES string of the molecule is CC(=O)NC1CCN(c2cc(C)nc(NN)n2)CC1. The minimum absolute atomic E-state index is 0.0333. The highest BCUT2D eigenvalue weighted by Crippen LogP contribution is 2.19. The summed E-state index contributed by atoms with van der Waals surface area (Å²) in [5.41, 5.74) is 3.35. The molecule has 7 nitrogen and oxygen atoms in total. The van der Waals surface area contributed by atoms with Gasteiger partial charge in [0.25, 0.3) is 0 Å². The molecular formula is C12H20N6O. The quantitative estimate of drug-likeness (QED) is 0.532. The molecule has 2 heterocycles. The van der Waals surface area contributed by atoms with Crippen molar-refractivity contribution in [2.45, 2.75) is 32.7 Å². The molecule has 1 fully saturated rings. The lowest BCUT2D eigenvalue weighted by atomic mass is 10.1. The standard InChI is InChI=1S/C12H20N6O/c1-8-7-11(16-12(14-8)17-13)18-5-3-10(4-6-18)15-9(2)19/h7,10H,3-6,13H2,1-2H3,(H,15,19)(H,14,16,17). The number of rotatable bonds is 3. The van der Waals surface area contributed by atoms with Gasteiger partial charge < -0.3 is 10.2 Å². The highest BCUT2D eigenvalue weighted by Gasteiger charge is 2.21. The average Bonchev–Trinajstić information content (AvgIpc) is 2.38. The number of carbonyl (C=O) groups is 1. The van der Waals surface area contributed by atoms with Gasteiger partial charge in [0.05, 0.1) is 0 Å². The lowest BCUT2D eigenvalue weighted by molar-refractivity contribution is -0.119. The minimum Gasteiger partial charge on any atom is -0.356 e. The summed E-state index contributed by atoms with van der Waals surface area (Å²) in [5, 5.41) is 2.96. The van der Waals surface area contributed by atoms with E-state index in [9.17, 15) is 4.79 Å². The molecule has 1 saturated heterocycles. The van der Waals surface area contributed by atoms with Crippen molar-refractivity contribution in [1.82, 2.24) is 15.3 Å². The summed E-state index contributed by atoms with van der Waals surface area (Å²) >= 11 is 0. The number of nitrogen functional groups attached to an aromatic ring is 1. The van der Waals surface area contributed by atoms with E-state index in [4.69, 9.17) is 5.84 Å². The maximum atomic E-state index is 11.0. The second kappa shape index (κ2) is 5.83. The van der Waals surface area contributed by atoms with Crippen LogP contribution in [-0.2, 0) is 4.79 Å². The summed E-state index contributed by atoms with van der Waals surface area (Å²) in [4.78, 5) is 21.7. The summed E-state index contributed by atoms with van der Waals surface area (Å²) < 4.78 is 0. The number of aromatic nitrogens is 2. The van der Waals surface area contributed by atoms with Crippen LogP contribution in [0, 0.1) is 6.92 Å². The molecule has 104 valence electrons. The zero-order chi connectivity index (χ0) is 13.8. The Morgan fingerprint density at radius 1 is 1.42 bits per heavy atom. The number of nitrogens with zero attached hydrogens (tertiary/aromatic N) is 3. The second-order valence-corrected chi connectivity index (χ2v) is 4.80. The number of carbonyl (C=O) groups excluding carboxylic acids is 1. The fourth-order valence-corrected chi connectivity index (χ4v) is 2.32. The minimum atomic E-state index is 0.0333. The van der Waals surface area contributed by atoms with Gasteiger partial charge in [0.15, 0.2) is 0 Å². The van der Waals surface area contributed by atoms with Crippen LogP contribution < -0.4 is 21.5 Å². The molecule has 0 radical (unpaired) electrons. The fourth-order valence-electron chi connectivity index (χ4n) is 2.32. The first-order valence-electron chi connectivity index (χ1n) is 6.43. The first-order valence-corrected chi connectivity index (χ1v) is 6.43. The predicted molar refractivity (Wildman–Crippen MR) is 73.6 cm³/mol. The molecule has 1 aliphatic heterocycles. The zero-order valence-corrected chi connectivity index (χ0v) is 11.3.